The molecule has 2 aromatic heterocycles. The molecule has 0 saturated heterocycles. The SMILES string of the molecule is CC(C)CCNC(=O)[C@H](c1c[nH]c2ccccc12)N(C(=O)c1snc(C(N)=O)c1N)c1ccc(F)cc1. The second-order valence-corrected chi connectivity index (χ2v) is 9.73. The third-order valence-corrected chi connectivity index (χ3v) is 6.77. The maximum atomic E-state index is 14.0. The summed E-state index contributed by atoms with van der Waals surface area (Å²) in [6.07, 6.45) is 2.41. The van der Waals surface area contributed by atoms with Gasteiger partial charge in [0.05, 0.1) is 5.69 Å². The summed E-state index contributed by atoms with van der Waals surface area (Å²) in [6, 6.07) is 11.4. The number of amides is 3. The number of nitrogen functional groups attached to an aromatic ring is 1. The van der Waals surface area contributed by atoms with E-state index in [1.54, 1.807) is 6.20 Å². The van der Waals surface area contributed by atoms with Crippen LogP contribution in [0.15, 0.2) is 54.7 Å². The molecule has 2 aromatic carbocycles. The van der Waals surface area contributed by atoms with Crippen molar-refractivity contribution in [1.82, 2.24) is 14.7 Å². The number of nitrogens with zero attached hydrogens (tertiary/aromatic N) is 2. The zero-order valence-corrected chi connectivity index (χ0v) is 21.1. The number of nitrogens with two attached hydrogens (primary N) is 2. The molecule has 0 aliphatic carbocycles. The number of carbonyl (C=O) groups excluding carboxylic acids is 3. The molecule has 1 atom stereocenters. The fourth-order valence-electron chi connectivity index (χ4n) is 4.02. The van der Waals surface area contributed by atoms with Crippen LogP contribution in [0, 0.1) is 11.7 Å². The van der Waals surface area contributed by atoms with Crippen LogP contribution in [0.3, 0.4) is 0 Å². The van der Waals surface area contributed by atoms with Crippen molar-refractivity contribution in [2.75, 3.05) is 17.2 Å². The van der Waals surface area contributed by atoms with E-state index in [9.17, 15) is 18.8 Å². The highest BCUT2D eigenvalue weighted by Gasteiger charge is 2.37. The van der Waals surface area contributed by atoms with Crippen molar-refractivity contribution in [3.63, 3.8) is 0 Å². The van der Waals surface area contributed by atoms with Gasteiger partial charge in [-0.15, -0.1) is 0 Å². The number of fused-ring (bicyclic) bond motifs is 1. The number of anilines is 2. The molecule has 0 bridgehead atoms. The van der Waals surface area contributed by atoms with Crippen LogP contribution in [-0.2, 0) is 4.79 Å². The Morgan fingerprint density at radius 2 is 1.84 bits per heavy atom. The minimum absolute atomic E-state index is 0.0575. The molecular formula is C26H27FN6O3S. The molecule has 4 rings (SSSR count). The number of H-pyrrole nitrogens is 1. The number of halogens is 1. The Morgan fingerprint density at radius 1 is 1.14 bits per heavy atom. The third kappa shape index (κ3) is 5.31. The highest BCUT2D eigenvalue weighted by molar-refractivity contribution is 7.09. The topological polar surface area (TPSA) is 147 Å². The Balaban J connectivity index is 1.89. The number of aromatic amines is 1. The van der Waals surface area contributed by atoms with Crippen LogP contribution in [-0.4, -0.2) is 33.6 Å². The normalized spacial score (nSPS) is 12.0. The van der Waals surface area contributed by atoms with Gasteiger partial charge < -0.3 is 21.8 Å². The van der Waals surface area contributed by atoms with Crippen molar-refractivity contribution in [2.24, 2.45) is 11.7 Å². The van der Waals surface area contributed by atoms with Crippen LogP contribution in [0.25, 0.3) is 10.9 Å². The molecule has 0 aliphatic heterocycles. The average molecular weight is 523 g/mol. The van der Waals surface area contributed by atoms with E-state index < -0.39 is 29.6 Å². The predicted octanol–water partition coefficient (Wildman–Crippen LogP) is 4.00. The van der Waals surface area contributed by atoms with Crippen molar-refractivity contribution >= 4 is 51.5 Å². The number of benzene rings is 2. The molecule has 0 aliphatic rings. The van der Waals surface area contributed by atoms with Crippen LogP contribution >= 0.6 is 11.5 Å². The quantitative estimate of drug-likeness (QED) is 0.262. The van der Waals surface area contributed by atoms with Crippen molar-refractivity contribution in [3.05, 3.63) is 76.7 Å². The van der Waals surface area contributed by atoms with Crippen LogP contribution < -0.4 is 21.7 Å². The first kappa shape index (κ1) is 25.8. The first-order valence-electron chi connectivity index (χ1n) is 11.7. The number of para-hydroxylation sites is 1. The van der Waals surface area contributed by atoms with Gasteiger partial charge in [0.15, 0.2) is 5.69 Å². The van der Waals surface area contributed by atoms with Crippen LogP contribution in [0.5, 0.6) is 0 Å². The summed E-state index contributed by atoms with van der Waals surface area (Å²) in [7, 11) is 0. The molecule has 0 fully saturated rings. The maximum Gasteiger partial charge on any atom is 0.273 e. The van der Waals surface area contributed by atoms with Gasteiger partial charge in [-0.3, -0.25) is 19.3 Å². The number of aromatic nitrogens is 2. The van der Waals surface area contributed by atoms with E-state index >= 15 is 0 Å². The summed E-state index contributed by atoms with van der Waals surface area (Å²) in [5.41, 5.74) is 12.6. The maximum absolute atomic E-state index is 14.0. The van der Waals surface area contributed by atoms with E-state index in [1.807, 2.05) is 38.1 Å². The Kier molecular flexibility index (Phi) is 7.53. The first-order valence-corrected chi connectivity index (χ1v) is 12.4. The van der Waals surface area contributed by atoms with Crippen LogP contribution in [0.1, 0.15) is 52.0 Å². The largest absolute Gasteiger partial charge is 0.395 e. The van der Waals surface area contributed by atoms with E-state index in [1.165, 1.54) is 29.2 Å². The summed E-state index contributed by atoms with van der Waals surface area (Å²) in [4.78, 5) is 43.9. The monoisotopic (exact) mass is 522 g/mol. The molecule has 192 valence electrons. The van der Waals surface area contributed by atoms with E-state index in [4.69, 9.17) is 11.5 Å². The molecule has 0 spiro atoms. The molecule has 37 heavy (non-hydrogen) atoms. The first-order chi connectivity index (χ1) is 17.7. The van der Waals surface area contributed by atoms with E-state index in [-0.39, 0.29) is 21.9 Å². The summed E-state index contributed by atoms with van der Waals surface area (Å²) in [6.45, 7) is 4.48. The van der Waals surface area contributed by atoms with Gasteiger partial charge in [0, 0.05) is 34.9 Å². The molecular weight excluding hydrogens is 495 g/mol. The fraction of sp³-hybridized carbons (Fsp3) is 0.231. The van der Waals surface area contributed by atoms with Gasteiger partial charge in [-0.25, -0.2) is 4.39 Å². The third-order valence-electron chi connectivity index (χ3n) is 5.92. The van der Waals surface area contributed by atoms with Gasteiger partial charge in [-0.05, 0) is 54.2 Å². The molecule has 3 amide bonds. The Bertz CT molecular complexity index is 1450. The zero-order valence-electron chi connectivity index (χ0n) is 20.3. The molecule has 0 unspecified atom stereocenters. The van der Waals surface area contributed by atoms with Gasteiger partial charge in [-0.2, -0.15) is 4.37 Å². The molecule has 9 nitrogen and oxygen atoms in total. The molecule has 4 aromatic rings. The highest BCUT2D eigenvalue weighted by atomic mass is 32.1. The lowest BCUT2D eigenvalue weighted by Crippen LogP contribution is -2.44. The van der Waals surface area contributed by atoms with E-state index in [0.717, 1.165) is 17.3 Å². The highest BCUT2D eigenvalue weighted by Crippen LogP contribution is 2.36. The van der Waals surface area contributed by atoms with Crippen molar-refractivity contribution in [1.29, 1.82) is 0 Å². The molecule has 2 heterocycles. The standard InChI is InChI=1S/C26H27FN6O3S/c1-14(2)11-12-30-25(35)22(18-13-31-19-6-4-3-5-17(18)19)33(16-9-7-15(27)8-10-16)26(36)23-20(28)21(24(29)34)32-37-23/h3-10,13-14,22,31H,11-12,28H2,1-2H3,(H2,29,34)(H,30,35)/t22-/m0/s1. The predicted molar refractivity (Wildman–Crippen MR) is 142 cm³/mol. The molecule has 0 saturated carbocycles. The Labute approximate surface area is 216 Å². The summed E-state index contributed by atoms with van der Waals surface area (Å²) < 4.78 is 17.8. The second-order valence-electron chi connectivity index (χ2n) is 8.96. The number of primary amides is 1. The lowest BCUT2D eigenvalue weighted by Gasteiger charge is -2.31. The Hall–Kier alpha value is -4.25. The number of hydrogen-bond acceptors (Lipinski definition) is 6. The van der Waals surface area contributed by atoms with Crippen molar-refractivity contribution in [2.45, 2.75) is 26.3 Å². The second kappa shape index (κ2) is 10.8. The minimum Gasteiger partial charge on any atom is -0.395 e. The van der Waals surface area contributed by atoms with Gasteiger partial charge in [-0.1, -0.05) is 32.0 Å². The lowest BCUT2D eigenvalue weighted by atomic mass is 10.0. The van der Waals surface area contributed by atoms with Gasteiger partial charge in [0.1, 0.15) is 16.7 Å². The number of hydrogen-bond donors (Lipinski definition) is 4. The van der Waals surface area contributed by atoms with Crippen LogP contribution in [0.2, 0.25) is 0 Å². The molecule has 0 radical (unpaired) electrons. The summed E-state index contributed by atoms with van der Waals surface area (Å²) in [5, 5.41) is 3.67. The smallest absolute Gasteiger partial charge is 0.273 e. The van der Waals surface area contributed by atoms with Crippen LogP contribution in [0.4, 0.5) is 15.8 Å². The number of rotatable bonds is 9. The molecule has 6 N–H and O–H groups in total. The van der Waals surface area contributed by atoms with E-state index in [0.29, 0.717) is 29.6 Å². The molecule has 11 heteroatoms. The average Bonchev–Trinajstić information content (AvgIpc) is 3.46. The summed E-state index contributed by atoms with van der Waals surface area (Å²) >= 11 is 0.710. The van der Waals surface area contributed by atoms with Crippen molar-refractivity contribution in [3.8, 4) is 0 Å². The Morgan fingerprint density at radius 3 is 2.49 bits per heavy atom. The van der Waals surface area contributed by atoms with E-state index in [2.05, 4.69) is 14.7 Å². The van der Waals surface area contributed by atoms with Gasteiger partial charge in [0.2, 0.25) is 5.91 Å². The zero-order chi connectivity index (χ0) is 26.7. The lowest BCUT2D eigenvalue weighted by molar-refractivity contribution is -0.122. The minimum atomic E-state index is -1.15. The number of nitrogens with one attached hydrogen (secondary N) is 2. The fourth-order valence-corrected chi connectivity index (χ4v) is 4.76. The van der Waals surface area contributed by atoms with Crippen molar-refractivity contribution < 1.29 is 18.8 Å². The summed E-state index contributed by atoms with van der Waals surface area (Å²) in [5.74, 6) is -2.13. The van der Waals surface area contributed by atoms with Gasteiger partial charge >= 0.3 is 0 Å². The van der Waals surface area contributed by atoms with Gasteiger partial charge in [0.25, 0.3) is 11.8 Å². The number of carbonyl (C=O) groups is 3.